The summed E-state index contributed by atoms with van der Waals surface area (Å²) in [6, 6.07) is 29.1. The molecular formula is C27H30O6. The van der Waals surface area contributed by atoms with Gasteiger partial charge < -0.3 is 29.2 Å². The topological polar surface area (TPSA) is 77.4 Å². The first-order valence-corrected chi connectivity index (χ1v) is 11.1. The molecule has 0 saturated carbocycles. The lowest BCUT2D eigenvalue weighted by Gasteiger charge is -2.42. The van der Waals surface area contributed by atoms with E-state index in [2.05, 4.69) is 0 Å². The molecule has 3 aromatic rings. The summed E-state index contributed by atoms with van der Waals surface area (Å²) in [7, 11) is 0. The van der Waals surface area contributed by atoms with Gasteiger partial charge in [0.1, 0.15) is 24.4 Å². The third-order valence-corrected chi connectivity index (χ3v) is 5.60. The predicted molar refractivity (Wildman–Crippen MR) is 123 cm³/mol. The number of ether oxygens (including phenoxy) is 4. The van der Waals surface area contributed by atoms with E-state index in [1.54, 1.807) is 0 Å². The minimum Gasteiger partial charge on any atom is -0.387 e. The van der Waals surface area contributed by atoms with Crippen molar-refractivity contribution in [3.05, 3.63) is 108 Å². The van der Waals surface area contributed by atoms with Crippen molar-refractivity contribution < 1.29 is 29.2 Å². The Labute approximate surface area is 194 Å². The fourth-order valence-corrected chi connectivity index (χ4v) is 3.81. The number of aliphatic hydroxyl groups is 2. The van der Waals surface area contributed by atoms with Crippen LogP contribution in [0.3, 0.4) is 0 Å². The van der Waals surface area contributed by atoms with Gasteiger partial charge in [-0.25, -0.2) is 0 Å². The van der Waals surface area contributed by atoms with Crippen LogP contribution >= 0.6 is 0 Å². The molecule has 0 amide bonds. The molecule has 2 N–H and O–H groups in total. The molecule has 0 aromatic heterocycles. The highest BCUT2D eigenvalue weighted by molar-refractivity contribution is 5.15. The molecule has 5 atom stereocenters. The Bertz CT molecular complexity index is 937. The first-order chi connectivity index (χ1) is 16.2. The van der Waals surface area contributed by atoms with Crippen LogP contribution in [0, 0.1) is 0 Å². The molecule has 1 heterocycles. The normalized spacial score (nSPS) is 25.1. The van der Waals surface area contributed by atoms with Crippen molar-refractivity contribution in [2.45, 2.75) is 50.5 Å². The molecule has 0 aliphatic carbocycles. The van der Waals surface area contributed by atoms with E-state index in [4.69, 9.17) is 18.9 Å². The average molecular weight is 451 g/mol. The van der Waals surface area contributed by atoms with Gasteiger partial charge in [0.25, 0.3) is 0 Å². The standard InChI is InChI=1S/C27H30O6/c28-24-23(19-30-16-20-10-4-1-5-11-20)33-27(29)26(32-18-22-14-8-3-9-15-22)25(24)31-17-21-12-6-2-7-13-21/h1-15,23-29H,16-19H2/t23?,24-,25?,26+,27+/m0/s1. The van der Waals surface area contributed by atoms with Crippen LogP contribution in [0.25, 0.3) is 0 Å². The maximum atomic E-state index is 11.1. The summed E-state index contributed by atoms with van der Waals surface area (Å²) in [4.78, 5) is 0. The van der Waals surface area contributed by atoms with Crippen molar-refractivity contribution in [1.29, 1.82) is 0 Å². The Balaban J connectivity index is 1.41. The highest BCUT2D eigenvalue weighted by Gasteiger charge is 2.46. The van der Waals surface area contributed by atoms with E-state index in [0.29, 0.717) is 6.61 Å². The summed E-state index contributed by atoms with van der Waals surface area (Å²) in [6.07, 6.45) is -4.68. The lowest BCUT2D eigenvalue weighted by molar-refractivity contribution is -0.309. The number of aliphatic hydroxyl groups excluding tert-OH is 2. The van der Waals surface area contributed by atoms with Gasteiger partial charge in [-0.2, -0.15) is 0 Å². The van der Waals surface area contributed by atoms with Gasteiger partial charge in [-0.15, -0.1) is 0 Å². The number of hydrogen-bond donors (Lipinski definition) is 2. The average Bonchev–Trinajstić information content (AvgIpc) is 2.86. The van der Waals surface area contributed by atoms with Crippen LogP contribution in [0.15, 0.2) is 91.0 Å². The van der Waals surface area contributed by atoms with Gasteiger partial charge in [0.2, 0.25) is 0 Å². The lowest BCUT2D eigenvalue weighted by atomic mass is 9.98. The molecule has 1 aliphatic rings. The minimum atomic E-state index is -1.26. The zero-order valence-electron chi connectivity index (χ0n) is 18.4. The van der Waals surface area contributed by atoms with Crippen molar-refractivity contribution in [1.82, 2.24) is 0 Å². The van der Waals surface area contributed by atoms with Crippen LogP contribution in [-0.4, -0.2) is 47.5 Å². The van der Waals surface area contributed by atoms with E-state index in [1.165, 1.54) is 0 Å². The molecule has 4 rings (SSSR count). The quantitative estimate of drug-likeness (QED) is 0.493. The third kappa shape index (κ3) is 6.71. The van der Waals surface area contributed by atoms with Crippen LogP contribution in [0.4, 0.5) is 0 Å². The van der Waals surface area contributed by atoms with Crippen molar-refractivity contribution in [2.24, 2.45) is 0 Å². The Morgan fingerprint density at radius 2 is 1.06 bits per heavy atom. The molecule has 6 heteroatoms. The van der Waals surface area contributed by atoms with E-state index in [9.17, 15) is 10.2 Å². The fourth-order valence-electron chi connectivity index (χ4n) is 3.81. The number of rotatable bonds is 10. The van der Waals surface area contributed by atoms with Crippen molar-refractivity contribution in [3.63, 3.8) is 0 Å². The molecule has 1 saturated heterocycles. The van der Waals surface area contributed by atoms with Gasteiger partial charge in [-0.3, -0.25) is 0 Å². The van der Waals surface area contributed by atoms with Crippen LogP contribution < -0.4 is 0 Å². The summed E-state index contributed by atoms with van der Waals surface area (Å²) >= 11 is 0. The highest BCUT2D eigenvalue weighted by Crippen LogP contribution is 2.27. The number of hydrogen-bond acceptors (Lipinski definition) is 6. The SMILES string of the molecule is O[C@H]1C(COCc2ccccc2)O[C@@H](O)[C@H](OCc2ccccc2)C1OCc1ccccc1. The molecule has 0 bridgehead atoms. The summed E-state index contributed by atoms with van der Waals surface area (Å²) in [5, 5.41) is 21.8. The molecule has 6 nitrogen and oxygen atoms in total. The summed E-state index contributed by atoms with van der Waals surface area (Å²) in [6.45, 7) is 1.04. The summed E-state index contributed by atoms with van der Waals surface area (Å²) in [5.74, 6) is 0. The van der Waals surface area contributed by atoms with Gasteiger partial charge in [-0.1, -0.05) is 91.0 Å². The van der Waals surface area contributed by atoms with Crippen LogP contribution in [0.2, 0.25) is 0 Å². The predicted octanol–water partition coefficient (Wildman–Crippen LogP) is 3.45. The Kier molecular flexibility index (Phi) is 8.60. The minimum absolute atomic E-state index is 0.115. The zero-order chi connectivity index (χ0) is 22.9. The van der Waals surface area contributed by atoms with Crippen LogP contribution in [0.5, 0.6) is 0 Å². The Hall–Kier alpha value is -2.58. The van der Waals surface area contributed by atoms with Gasteiger partial charge in [-0.05, 0) is 16.7 Å². The first-order valence-electron chi connectivity index (χ1n) is 11.1. The van der Waals surface area contributed by atoms with Crippen LogP contribution in [-0.2, 0) is 38.8 Å². The Morgan fingerprint density at radius 1 is 0.606 bits per heavy atom. The van der Waals surface area contributed by atoms with Gasteiger partial charge in [0, 0.05) is 0 Å². The van der Waals surface area contributed by atoms with Crippen molar-refractivity contribution in [3.8, 4) is 0 Å². The van der Waals surface area contributed by atoms with Crippen LogP contribution in [0.1, 0.15) is 16.7 Å². The second kappa shape index (κ2) is 12.0. The molecular weight excluding hydrogens is 420 g/mol. The molecule has 174 valence electrons. The fraction of sp³-hybridized carbons (Fsp3) is 0.333. The maximum absolute atomic E-state index is 11.1. The van der Waals surface area contributed by atoms with E-state index in [1.807, 2.05) is 91.0 Å². The highest BCUT2D eigenvalue weighted by atomic mass is 16.7. The molecule has 33 heavy (non-hydrogen) atoms. The van der Waals surface area contributed by atoms with E-state index in [0.717, 1.165) is 16.7 Å². The van der Waals surface area contributed by atoms with E-state index >= 15 is 0 Å². The Morgan fingerprint density at radius 3 is 1.58 bits per heavy atom. The van der Waals surface area contributed by atoms with Crippen molar-refractivity contribution in [2.75, 3.05) is 6.61 Å². The first kappa shape index (κ1) is 23.6. The smallest absolute Gasteiger partial charge is 0.184 e. The molecule has 1 aliphatic heterocycles. The second-order valence-electron chi connectivity index (χ2n) is 8.08. The van der Waals surface area contributed by atoms with Gasteiger partial charge in [0.05, 0.1) is 26.4 Å². The maximum Gasteiger partial charge on any atom is 0.184 e. The summed E-state index contributed by atoms with van der Waals surface area (Å²) < 4.78 is 23.5. The molecule has 2 unspecified atom stereocenters. The second-order valence-corrected chi connectivity index (χ2v) is 8.08. The number of benzene rings is 3. The lowest BCUT2D eigenvalue weighted by Crippen LogP contribution is -2.60. The van der Waals surface area contributed by atoms with E-state index < -0.39 is 30.7 Å². The largest absolute Gasteiger partial charge is 0.387 e. The molecule has 3 aromatic carbocycles. The molecule has 0 spiro atoms. The van der Waals surface area contributed by atoms with Gasteiger partial charge in [0.15, 0.2) is 6.29 Å². The monoisotopic (exact) mass is 450 g/mol. The van der Waals surface area contributed by atoms with E-state index in [-0.39, 0.29) is 19.8 Å². The zero-order valence-corrected chi connectivity index (χ0v) is 18.4. The molecule has 1 fully saturated rings. The third-order valence-electron chi connectivity index (χ3n) is 5.60. The summed E-state index contributed by atoms with van der Waals surface area (Å²) in [5.41, 5.74) is 2.93. The van der Waals surface area contributed by atoms with Crippen molar-refractivity contribution >= 4 is 0 Å². The van der Waals surface area contributed by atoms with Gasteiger partial charge >= 0.3 is 0 Å². The molecule has 0 radical (unpaired) electrons.